The molecule has 3 fully saturated rings. The highest BCUT2D eigenvalue weighted by atomic mass is 32.2. The van der Waals surface area contributed by atoms with E-state index in [1.807, 2.05) is 0 Å². The Morgan fingerprint density at radius 3 is 0.702 bits per heavy atom. The Bertz CT molecular complexity index is 886. The maximum atomic E-state index is 3.66. The molecule has 3 saturated heterocycles. The summed E-state index contributed by atoms with van der Waals surface area (Å²) in [5.41, 5.74) is 4.68. The van der Waals surface area contributed by atoms with E-state index >= 15 is 0 Å². The fourth-order valence-corrected chi connectivity index (χ4v) is 13.1. The molecular weight excluding hydrogens is 817 g/mol. The smallest absolute Gasteiger partial charge is 0.0233 e. The molecule has 330 valence electrons. The molecule has 0 spiro atoms. The summed E-state index contributed by atoms with van der Waals surface area (Å²) in [6, 6.07) is 7.89. The van der Waals surface area contributed by atoms with Gasteiger partial charge in [-0.15, -0.1) is 0 Å². The molecule has 0 aliphatic carbocycles. The summed E-state index contributed by atoms with van der Waals surface area (Å²) < 4.78 is 0. The minimum absolute atomic E-state index is 1.10. The predicted molar refractivity (Wildman–Crippen MR) is 270 cm³/mol. The molecule has 1 aromatic rings. The summed E-state index contributed by atoms with van der Waals surface area (Å²) >= 11 is 13.0. The van der Waals surface area contributed by atoms with E-state index in [1.165, 1.54) is 225 Å². The van der Waals surface area contributed by atoms with Crippen LogP contribution >= 0.6 is 70.6 Å². The largest absolute Gasteiger partial charge is 0.317 e. The third-order valence-corrected chi connectivity index (χ3v) is 17.7. The average molecular weight is 902 g/mol. The van der Waals surface area contributed by atoms with Crippen LogP contribution in [0.15, 0.2) is 18.2 Å². The van der Waals surface area contributed by atoms with Crippen molar-refractivity contribution in [3.05, 3.63) is 34.9 Å². The lowest BCUT2D eigenvalue weighted by atomic mass is 10.0. The number of hydrogen-bond acceptors (Lipinski definition) is 12. The lowest BCUT2D eigenvalue weighted by Crippen LogP contribution is -2.29. The van der Waals surface area contributed by atoms with Gasteiger partial charge in [-0.1, -0.05) is 18.2 Å². The summed E-state index contributed by atoms with van der Waals surface area (Å²) in [7, 11) is 0. The van der Waals surface area contributed by atoms with Crippen LogP contribution in [-0.2, 0) is 19.6 Å². The van der Waals surface area contributed by atoms with Gasteiger partial charge in [0, 0.05) is 19.6 Å². The van der Waals surface area contributed by atoms with Crippen LogP contribution in [0.1, 0.15) is 93.7 Å². The highest BCUT2D eigenvalue weighted by Crippen LogP contribution is 2.21. The first-order chi connectivity index (χ1) is 28.3. The molecular formula is C45H84N6S6. The molecule has 0 amide bonds. The third-order valence-electron chi connectivity index (χ3n) is 10.8. The van der Waals surface area contributed by atoms with Crippen molar-refractivity contribution in [2.45, 2.75) is 96.7 Å². The van der Waals surface area contributed by atoms with Gasteiger partial charge < -0.3 is 16.0 Å². The average Bonchev–Trinajstić information content (AvgIpc) is 3.20. The molecule has 57 heavy (non-hydrogen) atoms. The van der Waals surface area contributed by atoms with Crippen molar-refractivity contribution in [2.75, 3.05) is 148 Å². The molecule has 3 aliphatic heterocycles. The van der Waals surface area contributed by atoms with Crippen LogP contribution in [0, 0.1) is 0 Å². The zero-order chi connectivity index (χ0) is 39.5. The van der Waals surface area contributed by atoms with Crippen LogP contribution in [0.5, 0.6) is 0 Å². The molecule has 0 bridgehead atoms. The minimum Gasteiger partial charge on any atom is -0.317 e. The number of hydrogen-bond donors (Lipinski definition) is 3. The van der Waals surface area contributed by atoms with E-state index in [4.69, 9.17) is 0 Å². The lowest BCUT2D eigenvalue weighted by Gasteiger charge is -2.27. The molecule has 6 nitrogen and oxygen atoms in total. The van der Waals surface area contributed by atoms with Gasteiger partial charge in [-0.05, 0) is 241 Å². The standard InChI is InChI=1S/C45H84N6S6/c1-13-46-14-2-26-53-32-8-20-49(19-7-31-52-25-1)40-43-37-44(41-50-21-9-33-54-27-3-15-47-16-4-28-55-34-10-22-50)39-45(38-43)42-51-23-11-35-56-29-5-17-48-18-6-30-57-36-12-24-51/h37-39,46-48H,1-36,40-42H2. The van der Waals surface area contributed by atoms with Gasteiger partial charge in [-0.2, -0.15) is 70.6 Å². The number of rotatable bonds is 6. The van der Waals surface area contributed by atoms with Gasteiger partial charge in [0.05, 0.1) is 0 Å². The van der Waals surface area contributed by atoms with Crippen LogP contribution in [0.4, 0.5) is 0 Å². The van der Waals surface area contributed by atoms with Crippen molar-refractivity contribution in [1.29, 1.82) is 0 Å². The predicted octanol–water partition coefficient (Wildman–Crippen LogP) is 8.98. The van der Waals surface area contributed by atoms with E-state index < -0.39 is 0 Å². The topological polar surface area (TPSA) is 45.8 Å². The number of thioether (sulfide) groups is 6. The van der Waals surface area contributed by atoms with Crippen LogP contribution in [0.25, 0.3) is 0 Å². The second-order valence-corrected chi connectivity index (χ2v) is 23.5. The second-order valence-electron chi connectivity index (χ2n) is 16.2. The Labute approximate surface area is 377 Å². The van der Waals surface area contributed by atoms with E-state index in [0.717, 1.165) is 19.6 Å². The van der Waals surface area contributed by atoms with Gasteiger partial charge in [-0.3, -0.25) is 14.7 Å². The Morgan fingerprint density at radius 2 is 0.491 bits per heavy atom. The Kier molecular flexibility index (Phi) is 32.5. The monoisotopic (exact) mass is 901 g/mol. The van der Waals surface area contributed by atoms with E-state index in [1.54, 1.807) is 16.7 Å². The third kappa shape index (κ3) is 27.7. The van der Waals surface area contributed by atoms with Gasteiger partial charge in [0.1, 0.15) is 0 Å². The van der Waals surface area contributed by atoms with Crippen LogP contribution in [-0.4, -0.2) is 162 Å². The maximum absolute atomic E-state index is 3.66. The molecule has 0 saturated carbocycles. The fourth-order valence-electron chi connectivity index (χ4n) is 7.82. The molecule has 3 aliphatic rings. The SMILES string of the molecule is c1c(CN2CCCSCCCNCCCSCCC2)cc(CN2CCCSCCCNCCCSCCC2)cc1CN1CCCSCCCNCCCSCCC1. The molecule has 4 rings (SSSR count). The van der Waals surface area contributed by atoms with E-state index in [2.05, 4.69) is 119 Å². The Hall–Kier alpha value is 1.08. The van der Waals surface area contributed by atoms with Gasteiger partial charge in [0.2, 0.25) is 0 Å². The molecule has 0 unspecified atom stereocenters. The summed E-state index contributed by atoms with van der Waals surface area (Å²) in [6.45, 7) is 17.8. The van der Waals surface area contributed by atoms with E-state index in [0.29, 0.717) is 0 Å². The molecule has 12 heteroatoms. The quantitative estimate of drug-likeness (QED) is 0.256. The molecule has 0 aromatic heterocycles. The fraction of sp³-hybridized carbons (Fsp3) is 0.867. The van der Waals surface area contributed by atoms with Crippen molar-refractivity contribution in [2.24, 2.45) is 0 Å². The molecule has 1 aromatic carbocycles. The molecule has 0 radical (unpaired) electrons. The van der Waals surface area contributed by atoms with Gasteiger partial charge in [0.25, 0.3) is 0 Å². The zero-order valence-electron chi connectivity index (χ0n) is 36.1. The first-order valence-corrected chi connectivity index (χ1v) is 30.2. The van der Waals surface area contributed by atoms with Crippen LogP contribution in [0.2, 0.25) is 0 Å². The summed E-state index contributed by atoms with van der Waals surface area (Å²) in [5.74, 6) is 15.5. The number of nitrogens with one attached hydrogen (secondary N) is 3. The molecule has 3 N–H and O–H groups in total. The number of benzene rings is 1. The maximum Gasteiger partial charge on any atom is 0.0233 e. The highest BCUT2D eigenvalue weighted by molar-refractivity contribution is 8.00. The van der Waals surface area contributed by atoms with Gasteiger partial charge in [0.15, 0.2) is 0 Å². The van der Waals surface area contributed by atoms with Crippen molar-refractivity contribution >= 4 is 70.6 Å². The highest BCUT2D eigenvalue weighted by Gasteiger charge is 2.15. The van der Waals surface area contributed by atoms with Crippen LogP contribution < -0.4 is 16.0 Å². The summed E-state index contributed by atoms with van der Waals surface area (Å²) in [6.07, 6.45) is 15.6. The van der Waals surface area contributed by atoms with Gasteiger partial charge >= 0.3 is 0 Å². The summed E-state index contributed by atoms with van der Waals surface area (Å²) in [4.78, 5) is 8.47. The minimum atomic E-state index is 1.10. The first kappa shape index (κ1) is 50.7. The van der Waals surface area contributed by atoms with Crippen molar-refractivity contribution in [3.63, 3.8) is 0 Å². The molecule has 0 atom stereocenters. The Balaban J connectivity index is 1.48. The van der Waals surface area contributed by atoms with Crippen molar-refractivity contribution in [1.82, 2.24) is 30.7 Å². The second kappa shape index (κ2) is 36.6. The van der Waals surface area contributed by atoms with E-state index in [-0.39, 0.29) is 0 Å². The normalized spacial score (nSPS) is 23.8. The molecule has 3 heterocycles. The summed E-state index contributed by atoms with van der Waals surface area (Å²) in [5, 5.41) is 11.0. The van der Waals surface area contributed by atoms with E-state index in [9.17, 15) is 0 Å². The zero-order valence-corrected chi connectivity index (χ0v) is 41.0. The lowest BCUT2D eigenvalue weighted by molar-refractivity contribution is 0.259. The van der Waals surface area contributed by atoms with Crippen LogP contribution in [0.3, 0.4) is 0 Å². The number of nitrogens with zero attached hydrogens (tertiary/aromatic N) is 3. The Morgan fingerprint density at radius 1 is 0.298 bits per heavy atom. The van der Waals surface area contributed by atoms with Crippen molar-refractivity contribution in [3.8, 4) is 0 Å². The van der Waals surface area contributed by atoms with Gasteiger partial charge in [-0.25, -0.2) is 0 Å². The first-order valence-electron chi connectivity index (χ1n) is 23.2. The van der Waals surface area contributed by atoms with Crippen molar-refractivity contribution < 1.29 is 0 Å².